The van der Waals surface area contributed by atoms with Gasteiger partial charge in [-0.05, 0) is 45.8 Å². The van der Waals surface area contributed by atoms with Crippen LogP contribution in [-0.2, 0) is 17.8 Å². The summed E-state index contributed by atoms with van der Waals surface area (Å²) >= 11 is 0. The van der Waals surface area contributed by atoms with Gasteiger partial charge in [-0.25, -0.2) is 0 Å². The summed E-state index contributed by atoms with van der Waals surface area (Å²) < 4.78 is 15.7. The van der Waals surface area contributed by atoms with Crippen LogP contribution in [-0.4, -0.2) is 47.4 Å². The lowest BCUT2D eigenvalue weighted by Gasteiger charge is -2.27. The molecule has 1 aliphatic rings. The van der Waals surface area contributed by atoms with Crippen LogP contribution in [0.15, 0.2) is 9.05 Å². The molecular formula is C15H22N4O3. The van der Waals surface area contributed by atoms with E-state index in [1.54, 1.807) is 7.11 Å². The van der Waals surface area contributed by atoms with Crippen molar-refractivity contribution < 1.29 is 13.8 Å². The van der Waals surface area contributed by atoms with Crippen molar-refractivity contribution in [3.8, 4) is 11.6 Å². The highest BCUT2D eigenvalue weighted by molar-refractivity contribution is 5.52. The molecule has 0 spiro atoms. The summed E-state index contributed by atoms with van der Waals surface area (Å²) in [5.74, 6) is 2.49. The third kappa shape index (κ3) is 3.20. The molecule has 0 bridgehead atoms. The van der Waals surface area contributed by atoms with Gasteiger partial charge in [0.25, 0.3) is 5.89 Å². The molecule has 7 heteroatoms. The molecule has 0 N–H and O–H groups in total. The Morgan fingerprint density at radius 1 is 1.23 bits per heavy atom. The number of rotatable bonds is 5. The molecule has 0 atom stereocenters. The van der Waals surface area contributed by atoms with Crippen LogP contribution in [0.25, 0.3) is 11.6 Å². The second-order valence-electron chi connectivity index (χ2n) is 5.97. The van der Waals surface area contributed by atoms with Crippen LogP contribution < -0.4 is 0 Å². The van der Waals surface area contributed by atoms with Gasteiger partial charge < -0.3 is 18.7 Å². The number of hydrogen-bond donors (Lipinski definition) is 0. The molecule has 3 rings (SSSR count). The highest BCUT2D eigenvalue weighted by Crippen LogP contribution is 2.26. The van der Waals surface area contributed by atoms with E-state index in [0.29, 0.717) is 29.9 Å². The minimum absolute atomic E-state index is 0.409. The fourth-order valence-corrected chi connectivity index (χ4v) is 2.83. The summed E-state index contributed by atoms with van der Waals surface area (Å²) in [5, 5.41) is 8.11. The van der Waals surface area contributed by atoms with Crippen LogP contribution in [0, 0.1) is 12.8 Å². The molecule has 0 amide bonds. The van der Waals surface area contributed by atoms with E-state index in [-0.39, 0.29) is 0 Å². The quantitative estimate of drug-likeness (QED) is 0.836. The molecule has 0 saturated carbocycles. The predicted molar refractivity (Wildman–Crippen MR) is 79.2 cm³/mol. The Hall–Kier alpha value is -1.73. The van der Waals surface area contributed by atoms with Gasteiger partial charge in [0.1, 0.15) is 5.76 Å². The molecule has 2 aromatic heterocycles. The van der Waals surface area contributed by atoms with Crippen molar-refractivity contribution in [3.63, 3.8) is 0 Å². The largest absolute Gasteiger partial charge is 0.380 e. The number of hydrogen-bond acceptors (Lipinski definition) is 7. The number of aryl methyl sites for hydroxylation is 1. The molecule has 7 nitrogen and oxygen atoms in total. The van der Waals surface area contributed by atoms with Crippen LogP contribution in [0.2, 0.25) is 0 Å². The molecule has 22 heavy (non-hydrogen) atoms. The first-order chi connectivity index (χ1) is 10.7. The maximum Gasteiger partial charge on any atom is 0.280 e. The minimum Gasteiger partial charge on any atom is -0.380 e. The van der Waals surface area contributed by atoms with Crippen molar-refractivity contribution >= 4 is 0 Å². The Morgan fingerprint density at radius 2 is 2.00 bits per heavy atom. The van der Waals surface area contributed by atoms with Gasteiger partial charge in [0.15, 0.2) is 11.5 Å². The van der Waals surface area contributed by atoms with E-state index < -0.39 is 0 Å². The molecule has 0 radical (unpaired) electrons. The fraction of sp³-hybridized carbons (Fsp3) is 0.667. The molecular weight excluding hydrogens is 284 g/mol. The summed E-state index contributed by atoms with van der Waals surface area (Å²) in [6, 6.07) is 0. The van der Waals surface area contributed by atoms with E-state index in [4.69, 9.17) is 13.8 Å². The van der Waals surface area contributed by atoms with Crippen LogP contribution in [0.5, 0.6) is 0 Å². The molecule has 120 valence electrons. The maximum atomic E-state index is 5.36. The zero-order valence-corrected chi connectivity index (χ0v) is 13.3. The first-order valence-corrected chi connectivity index (χ1v) is 7.63. The lowest BCUT2D eigenvalue weighted by atomic mass is 9.94. The first kappa shape index (κ1) is 15.2. The second-order valence-corrected chi connectivity index (χ2v) is 5.97. The van der Waals surface area contributed by atoms with Gasteiger partial charge in [-0.1, -0.05) is 10.3 Å². The van der Waals surface area contributed by atoms with Crippen molar-refractivity contribution in [2.75, 3.05) is 27.2 Å². The number of aromatic nitrogens is 3. The molecule has 0 aliphatic carbocycles. The van der Waals surface area contributed by atoms with Gasteiger partial charge in [0.2, 0.25) is 0 Å². The highest BCUT2D eigenvalue weighted by Gasteiger charge is 2.23. The Balaban J connectivity index is 1.71. The molecule has 1 saturated heterocycles. The number of piperidine rings is 1. The van der Waals surface area contributed by atoms with Crippen molar-refractivity contribution in [3.05, 3.63) is 17.1 Å². The Kier molecular flexibility index (Phi) is 4.54. The summed E-state index contributed by atoms with van der Waals surface area (Å²) in [6.45, 7) is 4.53. The lowest BCUT2D eigenvalue weighted by Crippen LogP contribution is -2.31. The third-order valence-electron chi connectivity index (χ3n) is 4.25. The highest BCUT2D eigenvalue weighted by atomic mass is 16.5. The number of nitrogens with zero attached hydrogens (tertiary/aromatic N) is 4. The van der Waals surface area contributed by atoms with E-state index in [1.165, 1.54) is 12.8 Å². The number of methoxy groups -OCH3 is 1. The first-order valence-electron chi connectivity index (χ1n) is 7.63. The third-order valence-corrected chi connectivity index (χ3v) is 4.25. The van der Waals surface area contributed by atoms with Crippen LogP contribution in [0.3, 0.4) is 0 Å². The summed E-state index contributed by atoms with van der Waals surface area (Å²) in [7, 11) is 3.79. The van der Waals surface area contributed by atoms with Crippen LogP contribution >= 0.6 is 0 Å². The van der Waals surface area contributed by atoms with Crippen molar-refractivity contribution in [1.29, 1.82) is 0 Å². The smallest absolute Gasteiger partial charge is 0.280 e. The zero-order valence-electron chi connectivity index (χ0n) is 13.3. The normalized spacial score (nSPS) is 17.2. The monoisotopic (exact) mass is 306 g/mol. The molecule has 0 aromatic carbocycles. The average molecular weight is 306 g/mol. The van der Waals surface area contributed by atoms with Gasteiger partial charge in [-0.15, -0.1) is 0 Å². The minimum atomic E-state index is 0.409. The van der Waals surface area contributed by atoms with E-state index >= 15 is 0 Å². The van der Waals surface area contributed by atoms with Crippen molar-refractivity contribution in [2.24, 2.45) is 5.92 Å². The van der Waals surface area contributed by atoms with E-state index in [2.05, 4.69) is 27.2 Å². The van der Waals surface area contributed by atoms with Gasteiger partial charge in [-0.3, -0.25) is 0 Å². The Bertz CT molecular complexity index is 614. The Labute approximate surface area is 129 Å². The van der Waals surface area contributed by atoms with E-state index in [0.717, 1.165) is 30.9 Å². The summed E-state index contributed by atoms with van der Waals surface area (Å²) in [6.07, 6.45) is 3.21. The Morgan fingerprint density at radius 3 is 2.73 bits per heavy atom. The molecule has 2 aromatic rings. The number of likely N-dealkylation sites (tertiary alicyclic amines) is 1. The standard InChI is InChI=1S/C15H22N4O3/c1-10-12(9-20-3)14(18-21-10)15-16-13(17-22-15)8-11-4-6-19(2)7-5-11/h11H,4-9H2,1-3H3. The van der Waals surface area contributed by atoms with Gasteiger partial charge >= 0.3 is 0 Å². The second kappa shape index (κ2) is 6.58. The van der Waals surface area contributed by atoms with Crippen molar-refractivity contribution in [1.82, 2.24) is 20.2 Å². The van der Waals surface area contributed by atoms with Gasteiger partial charge in [0.05, 0.1) is 12.2 Å². The fourth-order valence-electron chi connectivity index (χ4n) is 2.83. The van der Waals surface area contributed by atoms with Crippen LogP contribution in [0.1, 0.15) is 30.0 Å². The van der Waals surface area contributed by atoms with Gasteiger partial charge in [0, 0.05) is 13.5 Å². The summed E-state index contributed by atoms with van der Waals surface area (Å²) in [5.41, 5.74) is 1.44. The predicted octanol–water partition coefficient (Wildman–Crippen LogP) is 2.06. The number of ether oxygens (including phenoxy) is 1. The zero-order chi connectivity index (χ0) is 15.5. The van der Waals surface area contributed by atoms with E-state index in [1.807, 2.05) is 6.92 Å². The molecule has 1 fully saturated rings. The molecule has 3 heterocycles. The lowest BCUT2D eigenvalue weighted by molar-refractivity contribution is 0.183. The average Bonchev–Trinajstić information content (AvgIpc) is 3.10. The van der Waals surface area contributed by atoms with Gasteiger partial charge in [-0.2, -0.15) is 4.98 Å². The SMILES string of the molecule is COCc1c(-c2nc(CC3CCN(C)CC3)no2)noc1C. The molecule has 1 aliphatic heterocycles. The van der Waals surface area contributed by atoms with E-state index in [9.17, 15) is 0 Å². The summed E-state index contributed by atoms with van der Waals surface area (Å²) in [4.78, 5) is 6.83. The molecule has 0 unspecified atom stereocenters. The van der Waals surface area contributed by atoms with Crippen LogP contribution in [0.4, 0.5) is 0 Å². The van der Waals surface area contributed by atoms with Crippen molar-refractivity contribution in [2.45, 2.75) is 32.8 Å². The topological polar surface area (TPSA) is 77.4 Å². The maximum absolute atomic E-state index is 5.36.